The van der Waals surface area contributed by atoms with Gasteiger partial charge in [0.05, 0.1) is 30.8 Å². The Morgan fingerprint density at radius 2 is 1.89 bits per heavy atom. The van der Waals surface area contributed by atoms with Crippen LogP contribution in [0.1, 0.15) is 50.7 Å². The lowest BCUT2D eigenvalue weighted by Crippen LogP contribution is -2.41. The van der Waals surface area contributed by atoms with E-state index in [1.165, 1.54) is 31.1 Å². The van der Waals surface area contributed by atoms with E-state index in [1.807, 2.05) is 0 Å². The first-order valence-electron chi connectivity index (χ1n) is 12.0. The number of benzene rings is 2. The highest BCUT2D eigenvalue weighted by Gasteiger charge is 2.49. The molecule has 3 aromatic rings. The number of aromatic nitrogens is 2. The number of rotatable bonds is 10. The lowest BCUT2D eigenvalue weighted by atomic mass is 9.91. The highest BCUT2D eigenvalue weighted by atomic mass is 19.3. The minimum atomic E-state index is -3.82. The Kier molecular flexibility index (Phi) is 8.40. The van der Waals surface area contributed by atoms with Crippen molar-refractivity contribution in [2.45, 2.75) is 52.2 Å². The van der Waals surface area contributed by atoms with E-state index in [9.17, 15) is 18.7 Å². The van der Waals surface area contributed by atoms with Gasteiger partial charge in [-0.3, -0.25) is 4.79 Å². The van der Waals surface area contributed by atoms with Gasteiger partial charge in [-0.15, -0.1) is 0 Å². The van der Waals surface area contributed by atoms with Crippen molar-refractivity contribution in [1.82, 2.24) is 14.9 Å². The average molecular weight is 535 g/mol. The lowest BCUT2D eigenvalue weighted by molar-refractivity contribution is -0.170. The second kappa shape index (κ2) is 11.0. The van der Waals surface area contributed by atoms with E-state index in [1.54, 1.807) is 33.0 Å². The van der Waals surface area contributed by atoms with Crippen molar-refractivity contribution in [3.8, 4) is 11.5 Å². The van der Waals surface area contributed by atoms with Gasteiger partial charge in [0.15, 0.2) is 11.5 Å². The molecule has 0 unspecified atom stereocenters. The zero-order valence-electron chi connectivity index (χ0n) is 22.5. The summed E-state index contributed by atoms with van der Waals surface area (Å²) in [5.74, 6) is -3.45. The van der Waals surface area contributed by atoms with Crippen LogP contribution in [0.2, 0.25) is 0 Å². The molecule has 1 aromatic heterocycles. The molecule has 1 heterocycles. The largest absolute Gasteiger partial charge is 0.493 e. The number of nitrogens with one attached hydrogen (secondary N) is 1. The summed E-state index contributed by atoms with van der Waals surface area (Å²) in [6.07, 6.45) is 0. The van der Waals surface area contributed by atoms with E-state index in [0.717, 1.165) is 19.9 Å². The predicted octanol–water partition coefficient (Wildman–Crippen LogP) is 4.98. The molecule has 1 amide bonds. The van der Waals surface area contributed by atoms with Gasteiger partial charge in [-0.2, -0.15) is 8.78 Å². The average Bonchev–Trinajstić information content (AvgIpc) is 2.82. The SMILES string of the molecule is COc1cc2nc(C)nc(N[C@H](C)c3cccc(C(F)(F)C(C)(C)O)c3F)c2cc1OCCN(C)C(C)=O. The molecule has 1 atom stereocenters. The highest BCUT2D eigenvalue weighted by Crippen LogP contribution is 2.41. The van der Waals surface area contributed by atoms with Crippen molar-refractivity contribution < 1.29 is 32.5 Å². The molecule has 206 valence electrons. The molecule has 0 radical (unpaired) electrons. The number of hydrogen-bond acceptors (Lipinski definition) is 7. The molecular weight excluding hydrogens is 501 g/mol. The Labute approximate surface area is 219 Å². The first-order chi connectivity index (χ1) is 17.7. The van der Waals surface area contributed by atoms with Crippen LogP contribution in [-0.4, -0.2) is 58.8 Å². The summed E-state index contributed by atoms with van der Waals surface area (Å²) >= 11 is 0. The van der Waals surface area contributed by atoms with Crippen LogP contribution in [0.3, 0.4) is 0 Å². The van der Waals surface area contributed by atoms with Crippen LogP contribution in [0.25, 0.3) is 10.9 Å². The summed E-state index contributed by atoms with van der Waals surface area (Å²) in [6.45, 7) is 7.19. The summed E-state index contributed by atoms with van der Waals surface area (Å²) in [5, 5.41) is 13.6. The van der Waals surface area contributed by atoms with Gasteiger partial charge in [-0.05, 0) is 39.8 Å². The van der Waals surface area contributed by atoms with Crippen LogP contribution in [0, 0.1) is 12.7 Å². The van der Waals surface area contributed by atoms with Crippen LogP contribution in [0.5, 0.6) is 11.5 Å². The van der Waals surface area contributed by atoms with E-state index >= 15 is 4.39 Å². The summed E-state index contributed by atoms with van der Waals surface area (Å²) in [4.78, 5) is 21.9. The Morgan fingerprint density at radius 1 is 1.21 bits per heavy atom. The fourth-order valence-corrected chi connectivity index (χ4v) is 3.82. The van der Waals surface area contributed by atoms with Gasteiger partial charge < -0.3 is 24.8 Å². The van der Waals surface area contributed by atoms with Crippen LogP contribution in [0.15, 0.2) is 30.3 Å². The fraction of sp³-hybridized carbons (Fsp3) is 0.444. The minimum Gasteiger partial charge on any atom is -0.493 e. The number of carbonyl (C=O) groups excluding carboxylic acids is 1. The zero-order valence-corrected chi connectivity index (χ0v) is 22.5. The number of carbonyl (C=O) groups is 1. The molecule has 0 saturated carbocycles. The second-order valence-corrected chi connectivity index (χ2v) is 9.64. The molecule has 0 aliphatic heterocycles. The van der Waals surface area contributed by atoms with Crippen LogP contribution >= 0.6 is 0 Å². The first kappa shape index (κ1) is 29.0. The van der Waals surface area contributed by atoms with Crippen LogP contribution < -0.4 is 14.8 Å². The van der Waals surface area contributed by atoms with E-state index in [4.69, 9.17) is 9.47 Å². The third-order valence-electron chi connectivity index (χ3n) is 6.27. The summed E-state index contributed by atoms with van der Waals surface area (Å²) in [6, 6.07) is 6.26. The normalized spacial score (nSPS) is 12.8. The van der Waals surface area contributed by atoms with Crippen LogP contribution in [0.4, 0.5) is 19.0 Å². The molecule has 0 saturated heterocycles. The number of alkyl halides is 2. The maximum Gasteiger partial charge on any atom is 0.303 e. The first-order valence-corrected chi connectivity index (χ1v) is 12.0. The number of hydrogen-bond donors (Lipinski definition) is 2. The predicted molar refractivity (Wildman–Crippen MR) is 138 cm³/mol. The molecule has 0 aliphatic carbocycles. The molecule has 2 aromatic carbocycles. The van der Waals surface area contributed by atoms with Crippen molar-refractivity contribution in [2.75, 3.05) is 32.6 Å². The molecule has 38 heavy (non-hydrogen) atoms. The van der Waals surface area contributed by atoms with Crippen molar-refractivity contribution in [3.63, 3.8) is 0 Å². The molecule has 2 N–H and O–H groups in total. The van der Waals surface area contributed by atoms with E-state index < -0.39 is 28.9 Å². The maximum atomic E-state index is 15.3. The quantitative estimate of drug-likeness (QED) is 0.379. The zero-order chi connectivity index (χ0) is 28.4. The number of ether oxygens (including phenoxy) is 2. The molecular formula is C27H33F3N4O4. The van der Waals surface area contributed by atoms with Gasteiger partial charge in [-0.25, -0.2) is 14.4 Å². The van der Waals surface area contributed by atoms with Gasteiger partial charge in [-0.1, -0.05) is 12.1 Å². The third-order valence-corrected chi connectivity index (χ3v) is 6.27. The minimum absolute atomic E-state index is 0.0203. The number of methoxy groups -OCH3 is 1. The Morgan fingerprint density at radius 3 is 2.50 bits per heavy atom. The van der Waals surface area contributed by atoms with Gasteiger partial charge >= 0.3 is 5.92 Å². The molecule has 0 spiro atoms. The topological polar surface area (TPSA) is 96.8 Å². The number of aryl methyl sites for hydroxylation is 1. The number of nitrogens with zero attached hydrogens (tertiary/aromatic N) is 3. The summed E-state index contributed by atoms with van der Waals surface area (Å²) in [5.41, 5.74) is -2.85. The lowest BCUT2D eigenvalue weighted by Gasteiger charge is -2.30. The summed E-state index contributed by atoms with van der Waals surface area (Å²) in [7, 11) is 3.15. The Bertz CT molecular complexity index is 1330. The number of halogens is 3. The van der Waals surface area contributed by atoms with Gasteiger partial charge in [0, 0.05) is 31.0 Å². The molecule has 8 nitrogen and oxygen atoms in total. The van der Waals surface area contributed by atoms with E-state index in [2.05, 4.69) is 15.3 Å². The molecule has 3 rings (SSSR count). The van der Waals surface area contributed by atoms with Gasteiger partial charge in [0.25, 0.3) is 0 Å². The standard InChI is InChI=1S/C27H33F3N4O4/c1-15(18-9-8-10-20(24(18)28)27(29,30)26(4,5)36)31-25-19-13-23(38-12-11-34(6)17(3)35)22(37-7)14-21(19)32-16(2)33-25/h8-10,13-15,36H,11-12H2,1-7H3,(H,31,32,33)/t15-/m1/s1. The molecule has 0 fully saturated rings. The second-order valence-electron chi connectivity index (χ2n) is 9.64. The third kappa shape index (κ3) is 5.93. The number of aliphatic hydroxyl groups is 1. The molecule has 0 bridgehead atoms. The number of likely N-dealkylation sites (N-methyl/N-ethyl adjacent to an activating group) is 1. The van der Waals surface area contributed by atoms with Crippen molar-refractivity contribution in [3.05, 3.63) is 53.1 Å². The van der Waals surface area contributed by atoms with E-state index in [0.29, 0.717) is 40.6 Å². The van der Waals surface area contributed by atoms with Crippen molar-refractivity contribution in [1.29, 1.82) is 0 Å². The number of fused-ring (bicyclic) bond motifs is 1. The Balaban J connectivity index is 1.99. The van der Waals surface area contributed by atoms with Crippen molar-refractivity contribution in [2.24, 2.45) is 0 Å². The van der Waals surface area contributed by atoms with Gasteiger partial charge in [0.2, 0.25) is 5.91 Å². The summed E-state index contributed by atoms with van der Waals surface area (Å²) < 4.78 is 56.2. The number of amides is 1. The number of anilines is 1. The maximum absolute atomic E-state index is 15.3. The van der Waals surface area contributed by atoms with Gasteiger partial charge in [0.1, 0.15) is 29.7 Å². The van der Waals surface area contributed by atoms with E-state index in [-0.39, 0.29) is 18.1 Å². The van der Waals surface area contributed by atoms with Crippen LogP contribution in [-0.2, 0) is 10.7 Å². The monoisotopic (exact) mass is 534 g/mol. The Hall–Kier alpha value is -3.60. The highest BCUT2D eigenvalue weighted by molar-refractivity contribution is 5.92. The fourth-order valence-electron chi connectivity index (χ4n) is 3.82. The smallest absolute Gasteiger partial charge is 0.303 e. The van der Waals surface area contributed by atoms with Crippen molar-refractivity contribution >= 4 is 22.6 Å². The molecule has 0 aliphatic rings. The molecule has 11 heteroatoms.